The standard InChI is InChI=1S/C84H58N10S2/c1-3-5-32-60(4-2)95(61-33-11-6-12-34-61,62-35-13-7-14-36-62)66-51-53-76-78(56-66)91-74-49-27-23-45-70(74)85-83(91)93(76)81-87-80(58-30-29-31-59(55-58)90-72-47-25-21-43-68(72)69-44-22-26-48-73(69)90)88-82(89-81)94-77-54-52-67(57-79(77)92-75-50-28-24-46-71(75)86-84(92)94)96(63-37-15-8-16-38-63,64-39-17-9-18-40-64)65-41-19-10-20-42-65/h1,4-57H,2H3/b32-5-,60-4+. The van der Waals surface area contributed by atoms with Crippen LogP contribution < -0.4 is 0 Å². The summed E-state index contributed by atoms with van der Waals surface area (Å²) in [4.78, 5) is 37.6. The lowest BCUT2D eigenvalue weighted by Gasteiger charge is -2.42. The fraction of sp³-hybridized carbons (Fsp3) is 0.0119. The maximum atomic E-state index is 6.05. The van der Waals surface area contributed by atoms with Crippen molar-refractivity contribution in [2.75, 3.05) is 0 Å². The van der Waals surface area contributed by atoms with E-state index >= 15 is 0 Å². The molecule has 0 aliphatic rings. The van der Waals surface area contributed by atoms with E-state index in [1.807, 2.05) is 18.2 Å². The van der Waals surface area contributed by atoms with Crippen molar-refractivity contribution < 1.29 is 0 Å². The second-order valence-electron chi connectivity index (χ2n) is 23.6. The highest BCUT2D eigenvalue weighted by molar-refractivity contribution is 8.37. The van der Waals surface area contributed by atoms with Crippen LogP contribution in [0.2, 0.25) is 0 Å². The minimum atomic E-state index is -2.21. The van der Waals surface area contributed by atoms with Gasteiger partial charge in [-0.3, -0.25) is 8.80 Å². The lowest BCUT2D eigenvalue weighted by Crippen LogP contribution is -2.11. The molecule has 0 aliphatic carbocycles. The van der Waals surface area contributed by atoms with Gasteiger partial charge in [0.2, 0.25) is 23.5 Å². The van der Waals surface area contributed by atoms with Crippen LogP contribution in [0.15, 0.2) is 367 Å². The summed E-state index contributed by atoms with van der Waals surface area (Å²) < 4.78 is 11.1. The maximum absolute atomic E-state index is 6.05. The van der Waals surface area contributed by atoms with Gasteiger partial charge in [0.05, 0.1) is 55.2 Å². The summed E-state index contributed by atoms with van der Waals surface area (Å²) in [6, 6.07) is 111. The molecule has 0 saturated heterocycles. The summed E-state index contributed by atoms with van der Waals surface area (Å²) in [7, 11) is -4.32. The van der Waals surface area contributed by atoms with Gasteiger partial charge in [0.15, 0.2) is 5.82 Å². The van der Waals surface area contributed by atoms with Gasteiger partial charge in [0, 0.05) is 56.3 Å². The molecule has 0 spiro atoms. The number of terminal acetylenes is 1. The van der Waals surface area contributed by atoms with Gasteiger partial charge in [0.1, 0.15) is 0 Å². The van der Waals surface area contributed by atoms with Gasteiger partial charge in [-0.1, -0.05) is 176 Å². The molecular formula is C84H58N10S2. The zero-order valence-corrected chi connectivity index (χ0v) is 53.7. The minimum absolute atomic E-state index is 0.379. The highest BCUT2D eigenvalue weighted by atomic mass is 32.3. The Morgan fingerprint density at radius 2 is 0.781 bits per heavy atom. The number of imidazole rings is 4. The van der Waals surface area contributed by atoms with E-state index in [2.05, 4.69) is 345 Å². The molecule has 0 atom stereocenters. The van der Waals surface area contributed by atoms with E-state index in [-0.39, 0.29) is 0 Å². The molecular weight excluding hydrogens is 1210 g/mol. The van der Waals surface area contributed by atoms with Crippen molar-refractivity contribution in [2.45, 2.75) is 41.2 Å². The minimum Gasteiger partial charge on any atom is -0.309 e. The molecule has 12 aromatic carbocycles. The molecule has 0 fully saturated rings. The summed E-state index contributed by atoms with van der Waals surface area (Å²) in [5, 5.41) is 2.35. The van der Waals surface area contributed by atoms with Crippen molar-refractivity contribution in [2.24, 2.45) is 0 Å². The van der Waals surface area contributed by atoms with Crippen molar-refractivity contribution >= 4 is 97.6 Å². The Labute approximate surface area is 556 Å². The van der Waals surface area contributed by atoms with Crippen molar-refractivity contribution in [1.82, 2.24) is 47.4 Å². The van der Waals surface area contributed by atoms with E-state index in [1.54, 1.807) is 0 Å². The first-order valence-electron chi connectivity index (χ1n) is 31.9. The zero-order chi connectivity index (χ0) is 63.9. The van der Waals surface area contributed by atoms with Crippen molar-refractivity contribution in [3.05, 3.63) is 333 Å². The second-order valence-corrected chi connectivity index (χ2v) is 29.8. The number of hydrogen-bond acceptors (Lipinski definition) is 5. The van der Waals surface area contributed by atoms with Crippen molar-refractivity contribution in [3.8, 4) is 41.3 Å². The lowest BCUT2D eigenvalue weighted by molar-refractivity contribution is 0.877. The van der Waals surface area contributed by atoms with E-state index in [9.17, 15) is 0 Å². The predicted molar refractivity (Wildman–Crippen MR) is 393 cm³/mol. The molecule has 0 amide bonds. The Kier molecular flexibility index (Phi) is 13.4. The largest absolute Gasteiger partial charge is 0.309 e. The average molecular weight is 1270 g/mol. The summed E-state index contributed by atoms with van der Waals surface area (Å²) in [6.07, 6.45) is 12.2. The predicted octanol–water partition coefficient (Wildman–Crippen LogP) is 20.8. The summed E-state index contributed by atoms with van der Waals surface area (Å²) in [5.41, 5.74) is 11.1. The molecule has 456 valence electrons. The summed E-state index contributed by atoms with van der Waals surface area (Å²) >= 11 is 0. The van der Waals surface area contributed by atoms with Crippen LogP contribution in [0.5, 0.6) is 0 Å². The monoisotopic (exact) mass is 1270 g/mol. The Bertz CT molecular complexity index is 5990. The van der Waals surface area contributed by atoms with Crippen LogP contribution in [0.1, 0.15) is 6.92 Å². The van der Waals surface area contributed by atoms with E-state index in [0.717, 1.165) is 76.2 Å². The molecule has 18 rings (SSSR count). The number of hydrogen-bond donors (Lipinski definition) is 0. The number of nitrogens with zero attached hydrogens (tertiary/aromatic N) is 10. The quantitative estimate of drug-likeness (QED) is 0.0848. The zero-order valence-electron chi connectivity index (χ0n) is 52.0. The normalized spacial score (nSPS) is 12.8. The van der Waals surface area contributed by atoms with Crippen LogP contribution >= 0.6 is 20.1 Å². The van der Waals surface area contributed by atoms with Gasteiger partial charge < -0.3 is 4.57 Å². The first-order chi connectivity index (χ1) is 47.5. The molecule has 10 nitrogen and oxygen atoms in total. The first-order valence-corrected chi connectivity index (χ1v) is 35.2. The average Bonchev–Trinajstić information content (AvgIpc) is 1.58. The summed E-state index contributed by atoms with van der Waals surface area (Å²) in [5.74, 6) is 5.34. The number of fused-ring (bicyclic) bond motifs is 13. The van der Waals surface area contributed by atoms with E-state index in [4.69, 9.17) is 31.3 Å². The molecule has 6 heterocycles. The Hall–Kier alpha value is -12.3. The van der Waals surface area contributed by atoms with Crippen LogP contribution in [0, 0.1) is 12.3 Å². The van der Waals surface area contributed by atoms with E-state index in [1.165, 1.54) is 40.1 Å². The highest BCUT2D eigenvalue weighted by Crippen LogP contribution is 2.75. The molecule has 0 unspecified atom stereocenters. The lowest BCUT2D eigenvalue weighted by atomic mass is 10.2. The van der Waals surface area contributed by atoms with E-state index in [0.29, 0.717) is 29.3 Å². The number of para-hydroxylation sites is 6. The topological polar surface area (TPSA) is 88.1 Å². The first kappa shape index (κ1) is 56.5. The van der Waals surface area contributed by atoms with Crippen LogP contribution in [-0.2, 0) is 0 Å². The third-order valence-electron chi connectivity index (χ3n) is 18.5. The molecule has 0 bridgehead atoms. The number of aromatic nitrogens is 10. The third-order valence-corrected chi connectivity index (χ3v) is 26.4. The van der Waals surface area contributed by atoms with Crippen LogP contribution in [-0.4, -0.2) is 47.4 Å². The molecule has 18 aromatic rings. The number of rotatable bonds is 13. The smallest absolute Gasteiger partial charge is 0.242 e. The fourth-order valence-electron chi connectivity index (χ4n) is 14.5. The van der Waals surface area contributed by atoms with Gasteiger partial charge in [0.25, 0.3) is 0 Å². The SMILES string of the molecule is C#C/C=C\C(=C/C)S(c1ccccc1)(c1ccccc1)c1ccc2c(c1)n1c3ccccc3nc1n2-c1nc(-c2cccc(-n3c4ccccc4c4ccccc43)c2)nc(-n2c3ccc(S(c4ccccc4)(c4ccccc4)c4ccccc4)cc3n3c4ccccc4nc23)n1. The van der Waals surface area contributed by atoms with Gasteiger partial charge in [-0.15, -0.1) is 26.5 Å². The second kappa shape index (κ2) is 22.8. The van der Waals surface area contributed by atoms with E-state index < -0.39 is 20.1 Å². The van der Waals surface area contributed by atoms with Crippen LogP contribution in [0.4, 0.5) is 0 Å². The van der Waals surface area contributed by atoms with Gasteiger partial charge >= 0.3 is 0 Å². The molecule has 12 heteroatoms. The molecule has 0 saturated carbocycles. The van der Waals surface area contributed by atoms with Gasteiger partial charge in [-0.2, -0.15) is 15.0 Å². The Morgan fingerprint density at radius 3 is 1.26 bits per heavy atom. The number of allylic oxidation sites excluding steroid dienone is 3. The molecule has 96 heavy (non-hydrogen) atoms. The van der Waals surface area contributed by atoms with Gasteiger partial charge in [-0.05, 0) is 170 Å². The third kappa shape index (κ3) is 8.54. The number of benzene rings is 12. The molecule has 0 radical (unpaired) electrons. The van der Waals surface area contributed by atoms with Crippen molar-refractivity contribution in [1.29, 1.82) is 0 Å². The Morgan fingerprint density at radius 1 is 0.354 bits per heavy atom. The Balaban J connectivity index is 0.941. The molecule has 6 aromatic heterocycles. The molecule has 0 N–H and O–H groups in total. The fourth-order valence-corrected chi connectivity index (χ4v) is 22.3. The summed E-state index contributed by atoms with van der Waals surface area (Å²) in [6.45, 7) is 2.11. The van der Waals surface area contributed by atoms with Crippen molar-refractivity contribution in [3.63, 3.8) is 0 Å². The molecule has 0 aliphatic heterocycles. The van der Waals surface area contributed by atoms with Crippen LogP contribution in [0.3, 0.4) is 0 Å². The van der Waals surface area contributed by atoms with Crippen LogP contribution in [0.25, 0.3) is 106 Å². The highest BCUT2D eigenvalue weighted by Gasteiger charge is 2.37. The van der Waals surface area contributed by atoms with Gasteiger partial charge in [-0.25, -0.2) is 19.1 Å². The maximum Gasteiger partial charge on any atom is 0.242 e.